The maximum Gasteiger partial charge on any atom is 0.600 e. The van der Waals surface area contributed by atoms with Gasteiger partial charge in [-0.1, -0.05) is 25.8 Å². The number of rotatable bonds is 3. The lowest BCUT2D eigenvalue weighted by molar-refractivity contribution is -0.0868. The van der Waals surface area contributed by atoms with Crippen LogP contribution in [0.1, 0.15) is 49.0 Å². The number of fused-ring (bicyclic) bond motifs is 1. The Labute approximate surface area is 131 Å². The first-order valence-electron chi connectivity index (χ1n) is 7.16. The molecular weight excluding hydrogens is 317 g/mol. The molecule has 0 bridgehead atoms. The molecule has 1 aromatic heterocycles. The SMILES string of the molecule is CCCc1ccc2cc(C3CCC3)[s+](C(F)(F)F)c2c1.[Cl-]. The molecule has 2 aromatic rings. The molecule has 1 atom stereocenters. The highest BCUT2D eigenvalue weighted by molar-refractivity contribution is 7.38. The van der Waals surface area contributed by atoms with Crippen LogP contribution in [0.5, 0.6) is 0 Å². The van der Waals surface area contributed by atoms with Crippen molar-refractivity contribution in [3.63, 3.8) is 0 Å². The van der Waals surface area contributed by atoms with E-state index in [2.05, 4.69) is 6.92 Å². The zero-order valence-electron chi connectivity index (χ0n) is 11.8. The summed E-state index contributed by atoms with van der Waals surface area (Å²) in [6, 6.07) is 7.45. The van der Waals surface area contributed by atoms with Gasteiger partial charge in [0.15, 0.2) is 9.58 Å². The van der Waals surface area contributed by atoms with Crippen molar-refractivity contribution in [2.75, 3.05) is 0 Å². The Balaban J connectivity index is 0.00000161. The highest BCUT2D eigenvalue weighted by atomic mass is 35.5. The first-order chi connectivity index (χ1) is 9.50. The van der Waals surface area contributed by atoms with Gasteiger partial charge in [0.05, 0.1) is 10.5 Å². The average Bonchev–Trinajstić information content (AvgIpc) is 2.64. The van der Waals surface area contributed by atoms with Gasteiger partial charge in [-0.15, -0.1) is 13.2 Å². The first-order valence-corrected chi connectivity index (χ1v) is 8.39. The minimum absolute atomic E-state index is 0. The van der Waals surface area contributed by atoms with E-state index in [9.17, 15) is 13.2 Å². The van der Waals surface area contributed by atoms with Crippen molar-refractivity contribution in [2.24, 2.45) is 0 Å². The summed E-state index contributed by atoms with van der Waals surface area (Å²) in [5.41, 5.74) is -3.12. The quantitative estimate of drug-likeness (QED) is 0.756. The fraction of sp³-hybridized carbons (Fsp3) is 0.500. The summed E-state index contributed by atoms with van der Waals surface area (Å²) in [6.45, 7) is 2.05. The summed E-state index contributed by atoms with van der Waals surface area (Å²) in [7, 11) is -1.69. The highest BCUT2D eigenvalue weighted by Crippen LogP contribution is 2.56. The van der Waals surface area contributed by atoms with Gasteiger partial charge in [-0.05, 0) is 30.9 Å². The Kier molecular flexibility index (Phi) is 4.89. The molecule has 0 N–H and O–H groups in total. The predicted octanol–water partition coefficient (Wildman–Crippen LogP) is 3.29. The predicted molar refractivity (Wildman–Crippen MR) is 78.3 cm³/mol. The average molecular weight is 335 g/mol. The molecule has 1 aliphatic carbocycles. The van der Waals surface area contributed by atoms with E-state index in [0.29, 0.717) is 9.58 Å². The number of halogens is 4. The Morgan fingerprint density at radius 3 is 2.43 bits per heavy atom. The monoisotopic (exact) mass is 334 g/mol. The molecule has 3 rings (SSSR count). The molecule has 0 radical (unpaired) electrons. The largest absolute Gasteiger partial charge is 1.00 e. The van der Waals surface area contributed by atoms with E-state index in [4.69, 9.17) is 0 Å². The van der Waals surface area contributed by atoms with Crippen LogP contribution < -0.4 is 12.4 Å². The van der Waals surface area contributed by atoms with Crippen LogP contribution in [-0.2, 0) is 11.9 Å². The molecule has 0 spiro atoms. The van der Waals surface area contributed by atoms with Gasteiger partial charge >= 0.3 is 5.51 Å². The van der Waals surface area contributed by atoms with Crippen molar-refractivity contribution in [3.8, 4) is 0 Å². The molecule has 0 amide bonds. The van der Waals surface area contributed by atoms with Gasteiger partial charge in [-0.2, -0.15) is 0 Å². The van der Waals surface area contributed by atoms with Crippen molar-refractivity contribution in [1.82, 2.24) is 0 Å². The Morgan fingerprint density at radius 2 is 1.90 bits per heavy atom. The van der Waals surface area contributed by atoms with E-state index in [1.165, 1.54) is 0 Å². The van der Waals surface area contributed by atoms with Gasteiger partial charge in [0, 0.05) is 23.4 Å². The number of aryl methyl sites for hydroxylation is 1. The van der Waals surface area contributed by atoms with E-state index in [-0.39, 0.29) is 18.3 Å². The molecule has 5 heteroatoms. The van der Waals surface area contributed by atoms with Crippen molar-refractivity contribution in [2.45, 2.75) is 50.5 Å². The van der Waals surface area contributed by atoms with E-state index in [0.717, 1.165) is 43.1 Å². The maximum absolute atomic E-state index is 13.5. The minimum atomic E-state index is -4.14. The third-order valence-electron chi connectivity index (χ3n) is 4.11. The summed E-state index contributed by atoms with van der Waals surface area (Å²) < 4.78 is 41.0. The van der Waals surface area contributed by atoms with Crippen LogP contribution in [0, 0.1) is 0 Å². The fourth-order valence-electron chi connectivity index (χ4n) is 2.89. The number of hydrogen-bond acceptors (Lipinski definition) is 0. The summed E-state index contributed by atoms with van der Waals surface area (Å²) in [4.78, 5) is 0.632. The molecular formula is C16H18ClF3S. The maximum atomic E-state index is 13.5. The molecule has 1 aliphatic rings. The van der Waals surface area contributed by atoms with Crippen LogP contribution in [0.15, 0.2) is 24.3 Å². The molecule has 0 saturated heterocycles. The third-order valence-corrected chi connectivity index (χ3v) is 6.29. The summed E-state index contributed by atoms with van der Waals surface area (Å²) in [5.74, 6) is 0.155. The van der Waals surface area contributed by atoms with Crippen molar-refractivity contribution >= 4 is 20.6 Å². The van der Waals surface area contributed by atoms with Crippen molar-refractivity contribution in [3.05, 3.63) is 34.7 Å². The van der Waals surface area contributed by atoms with Gasteiger partial charge in [-0.3, -0.25) is 0 Å². The normalized spacial score (nSPS) is 16.7. The molecule has 1 unspecified atom stereocenters. The smallest absolute Gasteiger partial charge is 0.600 e. The molecule has 1 heterocycles. The zero-order valence-corrected chi connectivity index (χ0v) is 13.4. The lowest BCUT2D eigenvalue weighted by Crippen LogP contribution is -3.00. The van der Waals surface area contributed by atoms with Gasteiger partial charge in [0.1, 0.15) is 0 Å². The van der Waals surface area contributed by atoms with Crippen molar-refractivity contribution < 1.29 is 25.6 Å². The van der Waals surface area contributed by atoms with E-state index in [1.54, 1.807) is 6.07 Å². The molecule has 0 aliphatic heterocycles. The Bertz CT molecular complexity index is 626. The van der Waals surface area contributed by atoms with Gasteiger partial charge in [-0.25, -0.2) is 0 Å². The summed E-state index contributed by atoms with van der Waals surface area (Å²) in [6.07, 6.45) is 4.71. The molecule has 1 aromatic carbocycles. The molecule has 1 fully saturated rings. The van der Waals surface area contributed by atoms with E-state index in [1.807, 2.05) is 18.2 Å². The lowest BCUT2D eigenvalue weighted by atomic mass is 9.84. The van der Waals surface area contributed by atoms with Crippen LogP contribution in [0.3, 0.4) is 0 Å². The first kappa shape index (κ1) is 16.6. The van der Waals surface area contributed by atoms with Gasteiger partial charge in [0.25, 0.3) is 0 Å². The van der Waals surface area contributed by atoms with Gasteiger partial charge in [0.2, 0.25) is 0 Å². The Hall–Kier alpha value is -0.740. The van der Waals surface area contributed by atoms with Crippen LogP contribution >= 0.6 is 10.5 Å². The molecule has 0 nitrogen and oxygen atoms in total. The van der Waals surface area contributed by atoms with Crippen LogP contribution in [0.4, 0.5) is 13.2 Å². The third kappa shape index (κ3) is 3.07. The van der Waals surface area contributed by atoms with Gasteiger partial charge < -0.3 is 12.4 Å². The molecule has 1 saturated carbocycles. The molecule has 116 valence electrons. The Morgan fingerprint density at radius 1 is 1.19 bits per heavy atom. The minimum Gasteiger partial charge on any atom is -1.00 e. The highest BCUT2D eigenvalue weighted by Gasteiger charge is 2.50. The van der Waals surface area contributed by atoms with E-state index >= 15 is 0 Å². The van der Waals surface area contributed by atoms with Crippen LogP contribution in [-0.4, -0.2) is 0 Å². The standard InChI is InChI=1S/C16H18F3S.ClH/c1-2-4-11-7-8-13-10-15(12-5-3-6-12)20(14(13)9-11)16(17,18)19;/h7-10,12H,2-6H2,1H3;1H/q+1;/p-1. The fourth-order valence-corrected chi connectivity index (χ4v) is 5.11. The second-order valence-corrected chi connectivity index (χ2v) is 7.54. The number of benzene rings is 1. The second kappa shape index (κ2) is 6.17. The second-order valence-electron chi connectivity index (χ2n) is 5.55. The number of hydrogen-bond donors (Lipinski definition) is 0. The van der Waals surface area contributed by atoms with E-state index < -0.39 is 16.0 Å². The number of thiophene rings is 1. The van der Waals surface area contributed by atoms with Crippen LogP contribution in [0.25, 0.3) is 10.1 Å². The van der Waals surface area contributed by atoms with Crippen molar-refractivity contribution in [1.29, 1.82) is 0 Å². The summed E-state index contributed by atoms with van der Waals surface area (Å²) in [5, 5.41) is 0.785. The zero-order chi connectivity index (χ0) is 14.3. The molecule has 21 heavy (non-hydrogen) atoms. The lowest BCUT2D eigenvalue weighted by Gasteiger charge is -2.21. The topological polar surface area (TPSA) is 0 Å². The van der Waals surface area contributed by atoms with Crippen LogP contribution in [0.2, 0.25) is 0 Å². The number of alkyl halides is 3. The summed E-state index contributed by atoms with van der Waals surface area (Å²) >= 11 is 0.